The highest BCUT2D eigenvalue weighted by molar-refractivity contribution is 5.94. The van der Waals surface area contributed by atoms with Gasteiger partial charge in [-0.15, -0.1) is 0 Å². The van der Waals surface area contributed by atoms with Crippen LogP contribution in [0.25, 0.3) is 0 Å². The van der Waals surface area contributed by atoms with Gasteiger partial charge in [-0.3, -0.25) is 4.79 Å². The van der Waals surface area contributed by atoms with Gasteiger partial charge in [0.2, 0.25) is 0 Å². The Balaban J connectivity index is 1.60. The number of benzene rings is 2. The van der Waals surface area contributed by atoms with E-state index in [1.807, 2.05) is 61.2 Å². The molecule has 1 aliphatic heterocycles. The Bertz CT molecular complexity index is 782. The minimum atomic E-state index is 0.0430. The number of piperidine rings is 1. The molecule has 1 saturated heterocycles. The van der Waals surface area contributed by atoms with E-state index in [1.54, 1.807) is 7.11 Å². The minimum absolute atomic E-state index is 0.0430. The Labute approximate surface area is 160 Å². The summed E-state index contributed by atoms with van der Waals surface area (Å²) in [5.41, 5.74) is 1.69. The molecular weight excluding hydrogens is 342 g/mol. The van der Waals surface area contributed by atoms with Crippen molar-refractivity contribution >= 4 is 5.91 Å². The molecule has 0 aromatic heterocycles. The van der Waals surface area contributed by atoms with Gasteiger partial charge in [0.05, 0.1) is 13.7 Å². The monoisotopic (exact) mass is 369 g/mol. The smallest absolute Gasteiger partial charge is 0.253 e. The summed E-state index contributed by atoms with van der Waals surface area (Å²) in [7, 11) is 1.62. The van der Waals surface area contributed by atoms with Crippen LogP contribution in [0, 0.1) is 6.92 Å². The number of carbonyl (C=O) groups is 1. The predicted octanol–water partition coefficient (Wildman–Crippen LogP) is 4.09. The molecule has 2 aromatic carbocycles. The number of nitrogens with zero attached hydrogens (tertiary/aromatic N) is 1. The van der Waals surface area contributed by atoms with Gasteiger partial charge >= 0.3 is 0 Å². The number of carbonyl (C=O) groups excluding carboxylic acids is 1. The van der Waals surface area contributed by atoms with E-state index in [4.69, 9.17) is 14.2 Å². The van der Waals surface area contributed by atoms with Crippen LogP contribution in [0.3, 0.4) is 0 Å². The Morgan fingerprint density at radius 3 is 2.44 bits per heavy atom. The highest BCUT2D eigenvalue weighted by Gasteiger charge is 2.25. The molecule has 0 N–H and O–H groups in total. The Morgan fingerprint density at radius 1 is 1.07 bits per heavy atom. The molecule has 3 rings (SSSR count). The topological polar surface area (TPSA) is 48.0 Å². The van der Waals surface area contributed by atoms with Gasteiger partial charge in [0.15, 0.2) is 11.5 Å². The van der Waals surface area contributed by atoms with Crippen molar-refractivity contribution in [2.45, 2.75) is 32.8 Å². The van der Waals surface area contributed by atoms with Crippen molar-refractivity contribution in [2.24, 2.45) is 0 Å². The van der Waals surface area contributed by atoms with E-state index < -0.39 is 0 Å². The van der Waals surface area contributed by atoms with Crippen LogP contribution in [0.5, 0.6) is 17.2 Å². The van der Waals surface area contributed by atoms with Crippen molar-refractivity contribution in [3.8, 4) is 17.2 Å². The van der Waals surface area contributed by atoms with Gasteiger partial charge in [-0.1, -0.05) is 18.2 Å². The highest BCUT2D eigenvalue weighted by atomic mass is 16.5. The number of likely N-dealkylation sites (tertiary alicyclic amines) is 1. The average molecular weight is 369 g/mol. The standard InChI is InChI=1S/C22H27NO4/c1-4-26-19-7-5-6-8-20(19)27-18-11-13-23(14-12-18)22(24)17-10-9-16(2)21(15-17)25-3/h5-10,15,18H,4,11-14H2,1-3H3. The van der Waals surface area contributed by atoms with Crippen LogP contribution < -0.4 is 14.2 Å². The molecule has 0 bridgehead atoms. The third kappa shape index (κ3) is 4.54. The van der Waals surface area contributed by atoms with Crippen LogP contribution in [0.15, 0.2) is 42.5 Å². The van der Waals surface area contributed by atoms with Crippen molar-refractivity contribution in [3.05, 3.63) is 53.6 Å². The lowest BCUT2D eigenvalue weighted by molar-refractivity contribution is 0.0589. The number of para-hydroxylation sites is 2. The third-order valence-corrected chi connectivity index (χ3v) is 4.83. The number of aryl methyl sites for hydroxylation is 1. The summed E-state index contributed by atoms with van der Waals surface area (Å²) >= 11 is 0. The summed E-state index contributed by atoms with van der Waals surface area (Å²) in [6.07, 6.45) is 1.69. The van der Waals surface area contributed by atoms with E-state index in [1.165, 1.54) is 0 Å². The molecule has 2 aromatic rings. The van der Waals surface area contributed by atoms with Crippen LogP contribution >= 0.6 is 0 Å². The van der Waals surface area contributed by atoms with E-state index in [-0.39, 0.29) is 12.0 Å². The Morgan fingerprint density at radius 2 is 1.78 bits per heavy atom. The number of methoxy groups -OCH3 is 1. The molecule has 0 saturated carbocycles. The maximum atomic E-state index is 12.8. The van der Waals surface area contributed by atoms with Crippen LogP contribution in [0.2, 0.25) is 0 Å². The molecule has 0 atom stereocenters. The van der Waals surface area contributed by atoms with Crippen LogP contribution in [0.4, 0.5) is 0 Å². The predicted molar refractivity (Wildman–Crippen MR) is 105 cm³/mol. The fraction of sp³-hybridized carbons (Fsp3) is 0.409. The zero-order valence-electron chi connectivity index (χ0n) is 16.2. The highest BCUT2D eigenvalue weighted by Crippen LogP contribution is 2.29. The van der Waals surface area contributed by atoms with Crippen LogP contribution in [0.1, 0.15) is 35.7 Å². The zero-order chi connectivity index (χ0) is 19.2. The maximum Gasteiger partial charge on any atom is 0.253 e. The van der Waals surface area contributed by atoms with Gasteiger partial charge in [0.25, 0.3) is 5.91 Å². The molecular formula is C22H27NO4. The minimum Gasteiger partial charge on any atom is -0.496 e. The average Bonchev–Trinajstić information content (AvgIpc) is 2.70. The number of rotatable bonds is 6. The molecule has 0 spiro atoms. The summed E-state index contributed by atoms with van der Waals surface area (Å²) in [6, 6.07) is 13.3. The molecule has 27 heavy (non-hydrogen) atoms. The van der Waals surface area contributed by atoms with Crippen molar-refractivity contribution in [2.75, 3.05) is 26.8 Å². The third-order valence-electron chi connectivity index (χ3n) is 4.83. The van der Waals surface area contributed by atoms with Crippen LogP contribution in [-0.2, 0) is 0 Å². The molecule has 5 heteroatoms. The van der Waals surface area contributed by atoms with E-state index in [2.05, 4.69) is 0 Å². The van der Waals surface area contributed by atoms with E-state index >= 15 is 0 Å². The first-order valence-corrected chi connectivity index (χ1v) is 9.44. The molecule has 1 amide bonds. The first-order valence-electron chi connectivity index (χ1n) is 9.44. The lowest BCUT2D eigenvalue weighted by Crippen LogP contribution is -2.41. The summed E-state index contributed by atoms with van der Waals surface area (Å²) in [4.78, 5) is 14.7. The summed E-state index contributed by atoms with van der Waals surface area (Å²) in [5.74, 6) is 2.32. The van der Waals surface area contributed by atoms with Gasteiger partial charge < -0.3 is 19.1 Å². The summed E-state index contributed by atoms with van der Waals surface area (Å²) < 4.78 is 17.1. The van der Waals surface area contributed by atoms with Crippen molar-refractivity contribution in [1.82, 2.24) is 4.90 Å². The second kappa shape index (κ2) is 8.80. The quantitative estimate of drug-likeness (QED) is 0.770. The van der Waals surface area contributed by atoms with Gasteiger partial charge in [-0.05, 0) is 43.7 Å². The summed E-state index contributed by atoms with van der Waals surface area (Å²) in [6.45, 7) is 5.89. The lowest BCUT2D eigenvalue weighted by Gasteiger charge is -2.32. The van der Waals surface area contributed by atoms with Crippen molar-refractivity contribution in [3.63, 3.8) is 0 Å². The Kier molecular flexibility index (Phi) is 6.22. The molecule has 0 unspecified atom stereocenters. The molecule has 144 valence electrons. The lowest BCUT2D eigenvalue weighted by atomic mass is 10.0. The van der Waals surface area contributed by atoms with E-state index in [0.29, 0.717) is 25.3 Å². The molecule has 0 aliphatic carbocycles. The number of hydrogen-bond acceptors (Lipinski definition) is 4. The van der Waals surface area contributed by atoms with Crippen LogP contribution in [-0.4, -0.2) is 43.7 Å². The fourth-order valence-electron chi connectivity index (χ4n) is 3.31. The number of hydrogen-bond donors (Lipinski definition) is 0. The molecule has 1 heterocycles. The first kappa shape index (κ1) is 19.1. The SMILES string of the molecule is CCOc1ccccc1OC1CCN(C(=O)c2ccc(C)c(OC)c2)CC1. The maximum absolute atomic E-state index is 12.8. The van der Waals surface area contributed by atoms with E-state index in [9.17, 15) is 4.79 Å². The van der Waals surface area contributed by atoms with Gasteiger partial charge in [-0.25, -0.2) is 0 Å². The summed E-state index contributed by atoms with van der Waals surface area (Å²) in [5, 5.41) is 0. The number of ether oxygens (including phenoxy) is 3. The molecule has 1 fully saturated rings. The van der Waals surface area contributed by atoms with Crippen molar-refractivity contribution in [1.29, 1.82) is 0 Å². The Hall–Kier alpha value is -2.69. The largest absolute Gasteiger partial charge is 0.496 e. The van der Waals surface area contributed by atoms with Gasteiger partial charge in [0, 0.05) is 31.5 Å². The first-order chi connectivity index (χ1) is 13.1. The molecule has 1 aliphatic rings. The van der Waals surface area contributed by atoms with Crippen molar-refractivity contribution < 1.29 is 19.0 Å². The van der Waals surface area contributed by atoms with E-state index in [0.717, 1.165) is 35.7 Å². The molecule has 5 nitrogen and oxygen atoms in total. The van der Waals surface area contributed by atoms with Gasteiger partial charge in [-0.2, -0.15) is 0 Å². The number of amides is 1. The second-order valence-corrected chi connectivity index (χ2v) is 6.67. The normalized spacial score (nSPS) is 14.7. The van der Waals surface area contributed by atoms with Gasteiger partial charge in [0.1, 0.15) is 11.9 Å². The molecule has 0 radical (unpaired) electrons. The second-order valence-electron chi connectivity index (χ2n) is 6.67. The fourth-order valence-corrected chi connectivity index (χ4v) is 3.31. The zero-order valence-corrected chi connectivity index (χ0v) is 16.2.